The largest absolute Gasteiger partial charge is 0.355 e. The average molecular weight is 212 g/mol. The van der Waals surface area contributed by atoms with Gasteiger partial charge in [-0.15, -0.1) is 0 Å². The zero-order valence-corrected chi connectivity index (χ0v) is 9.80. The van der Waals surface area contributed by atoms with Crippen LogP contribution in [0.15, 0.2) is 0 Å². The van der Waals surface area contributed by atoms with E-state index >= 15 is 0 Å². The predicted molar refractivity (Wildman–Crippen MR) is 62.4 cm³/mol. The predicted octanol–water partition coefficient (Wildman–Crippen LogP) is 1.67. The van der Waals surface area contributed by atoms with E-state index in [1.54, 1.807) is 0 Å². The molecule has 0 aromatic rings. The van der Waals surface area contributed by atoms with Crippen molar-refractivity contribution in [2.45, 2.75) is 45.4 Å². The van der Waals surface area contributed by atoms with Crippen molar-refractivity contribution in [2.24, 2.45) is 17.6 Å². The molecule has 88 valence electrons. The highest BCUT2D eigenvalue weighted by atomic mass is 16.1. The summed E-state index contributed by atoms with van der Waals surface area (Å²) in [6, 6.07) is 0. The lowest BCUT2D eigenvalue weighted by atomic mass is 9.91. The molecule has 0 aromatic carbocycles. The van der Waals surface area contributed by atoms with Crippen LogP contribution in [-0.4, -0.2) is 19.0 Å². The first-order valence-corrected chi connectivity index (χ1v) is 6.25. The molecule has 0 saturated heterocycles. The molecule has 0 bridgehead atoms. The fraction of sp³-hybridized carbons (Fsp3) is 0.917. The summed E-state index contributed by atoms with van der Waals surface area (Å²) in [7, 11) is 0. The third-order valence-corrected chi connectivity index (χ3v) is 3.40. The molecule has 1 amide bonds. The van der Waals surface area contributed by atoms with Crippen molar-refractivity contribution in [2.75, 3.05) is 13.1 Å². The third kappa shape index (κ3) is 4.20. The number of carbonyl (C=O) groups is 1. The van der Waals surface area contributed by atoms with Crippen molar-refractivity contribution in [3.05, 3.63) is 0 Å². The molecule has 0 aliphatic heterocycles. The Morgan fingerprint density at radius 3 is 2.67 bits per heavy atom. The van der Waals surface area contributed by atoms with Crippen LogP contribution in [0.1, 0.15) is 45.4 Å². The molecule has 0 radical (unpaired) electrons. The van der Waals surface area contributed by atoms with Crippen molar-refractivity contribution >= 4 is 5.91 Å². The molecule has 0 heterocycles. The Morgan fingerprint density at radius 2 is 2.13 bits per heavy atom. The lowest BCUT2D eigenvalue weighted by Crippen LogP contribution is -2.34. The summed E-state index contributed by atoms with van der Waals surface area (Å²) in [6.45, 7) is 3.24. The zero-order valence-electron chi connectivity index (χ0n) is 9.80. The van der Waals surface area contributed by atoms with Gasteiger partial charge in [0.2, 0.25) is 5.91 Å². The van der Waals surface area contributed by atoms with Gasteiger partial charge in [0.15, 0.2) is 0 Å². The highest BCUT2D eigenvalue weighted by Gasteiger charge is 2.23. The molecule has 0 aromatic heterocycles. The van der Waals surface area contributed by atoms with Gasteiger partial charge in [0, 0.05) is 19.0 Å². The number of nitrogens with one attached hydrogen (secondary N) is 1. The van der Waals surface area contributed by atoms with Crippen LogP contribution in [0.2, 0.25) is 0 Å². The minimum atomic E-state index is 0.204. The van der Waals surface area contributed by atoms with Crippen LogP contribution in [-0.2, 0) is 4.79 Å². The second kappa shape index (κ2) is 6.83. The minimum Gasteiger partial charge on any atom is -0.355 e. The van der Waals surface area contributed by atoms with E-state index in [2.05, 4.69) is 12.2 Å². The molecule has 1 rings (SSSR count). The Bertz CT molecular complexity index is 188. The Morgan fingerprint density at radius 1 is 1.47 bits per heavy atom. The van der Waals surface area contributed by atoms with E-state index in [1.165, 1.54) is 25.7 Å². The van der Waals surface area contributed by atoms with Gasteiger partial charge in [-0.05, 0) is 18.8 Å². The summed E-state index contributed by atoms with van der Waals surface area (Å²) in [6.07, 6.45) is 7.37. The van der Waals surface area contributed by atoms with Crippen molar-refractivity contribution in [1.82, 2.24) is 5.32 Å². The van der Waals surface area contributed by atoms with Gasteiger partial charge < -0.3 is 11.1 Å². The van der Waals surface area contributed by atoms with Crippen LogP contribution in [0, 0.1) is 11.8 Å². The summed E-state index contributed by atoms with van der Waals surface area (Å²) in [4.78, 5) is 11.8. The van der Waals surface area contributed by atoms with Crippen molar-refractivity contribution in [3.8, 4) is 0 Å². The number of hydrogen-bond donors (Lipinski definition) is 2. The normalized spacial score (nSPS) is 19.1. The molecule has 1 aliphatic rings. The first kappa shape index (κ1) is 12.5. The van der Waals surface area contributed by atoms with Gasteiger partial charge >= 0.3 is 0 Å². The SMILES string of the molecule is CCC(CC1CCCC1)C(=O)NCCN. The first-order chi connectivity index (χ1) is 7.27. The van der Waals surface area contributed by atoms with E-state index in [0.29, 0.717) is 13.1 Å². The van der Waals surface area contributed by atoms with Gasteiger partial charge in [0.05, 0.1) is 0 Å². The molecule has 3 heteroatoms. The van der Waals surface area contributed by atoms with Gasteiger partial charge in [-0.2, -0.15) is 0 Å². The number of amides is 1. The fourth-order valence-electron chi connectivity index (χ4n) is 2.45. The van der Waals surface area contributed by atoms with Crippen LogP contribution >= 0.6 is 0 Å². The van der Waals surface area contributed by atoms with Gasteiger partial charge in [0.25, 0.3) is 0 Å². The van der Waals surface area contributed by atoms with Crippen LogP contribution in [0.5, 0.6) is 0 Å². The quantitative estimate of drug-likeness (QED) is 0.703. The van der Waals surface area contributed by atoms with Gasteiger partial charge in [-0.25, -0.2) is 0 Å². The Hall–Kier alpha value is -0.570. The summed E-state index contributed by atoms with van der Waals surface area (Å²) >= 11 is 0. The van der Waals surface area contributed by atoms with Gasteiger partial charge in [-0.1, -0.05) is 32.6 Å². The molecule has 3 nitrogen and oxygen atoms in total. The molecule has 1 aliphatic carbocycles. The van der Waals surface area contributed by atoms with Crippen molar-refractivity contribution < 1.29 is 4.79 Å². The molecular formula is C12H24N2O. The van der Waals surface area contributed by atoms with Crippen molar-refractivity contribution in [3.63, 3.8) is 0 Å². The molecular weight excluding hydrogens is 188 g/mol. The third-order valence-electron chi connectivity index (χ3n) is 3.40. The minimum absolute atomic E-state index is 0.204. The van der Waals surface area contributed by atoms with Crippen LogP contribution in [0.3, 0.4) is 0 Å². The molecule has 0 spiro atoms. The summed E-state index contributed by atoms with van der Waals surface area (Å²) < 4.78 is 0. The number of carbonyl (C=O) groups excluding carboxylic acids is 1. The fourth-order valence-corrected chi connectivity index (χ4v) is 2.45. The number of nitrogens with two attached hydrogens (primary N) is 1. The van der Waals surface area contributed by atoms with Gasteiger partial charge in [0.1, 0.15) is 0 Å². The van der Waals surface area contributed by atoms with E-state index in [9.17, 15) is 4.79 Å². The molecule has 15 heavy (non-hydrogen) atoms. The average Bonchev–Trinajstić information content (AvgIpc) is 2.75. The molecule has 1 atom stereocenters. The summed E-state index contributed by atoms with van der Waals surface area (Å²) in [5.41, 5.74) is 5.37. The maximum Gasteiger partial charge on any atom is 0.223 e. The van der Waals surface area contributed by atoms with Crippen LogP contribution in [0.4, 0.5) is 0 Å². The Balaban J connectivity index is 2.29. The smallest absolute Gasteiger partial charge is 0.223 e. The summed E-state index contributed by atoms with van der Waals surface area (Å²) in [5.74, 6) is 1.20. The molecule has 1 saturated carbocycles. The number of rotatable bonds is 6. The standard InChI is InChI=1S/C12H24N2O/c1-2-11(12(15)14-8-7-13)9-10-5-3-4-6-10/h10-11H,2-9,13H2,1H3,(H,14,15). The van der Waals surface area contributed by atoms with E-state index in [1.807, 2.05) is 0 Å². The Kier molecular flexibility index (Phi) is 5.69. The van der Waals surface area contributed by atoms with Crippen molar-refractivity contribution in [1.29, 1.82) is 0 Å². The zero-order chi connectivity index (χ0) is 11.1. The monoisotopic (exact) mass is 212 g/mol. The Labute approximate surface area is 92.8 Å². The lowest BCUT2D eigenvalue weighted by molar-refractivity contribution is -0.125. The highest BCUT2D eigenvalue weighted by Crippen LogP contribution is 2.31. The van der Waals surface area contributed by atoms with E-state index in [0.717, 1.165) is 18.8 Å². The van der Waals surface area contributed by atoms with Crippen LogP contribution in [0.25, 0.3) is 0 Å². The maximum absolute atomic E-state index is 11.8. The highest BCUT2D eigenvalue weighted by molar-refractivity contribution is 5.78. The number of hydrogen-bond acceptors (Lipinski definition) is 2. The molecule has 3 N–H and O–H groups in total. The molecule has 1 fully saturated rings. The van der Waals surface area contributed by atoms with Gasteiger partial charge in [-0.3, -0.25) is 4.79 Å². The van der Waals surface area contributed by atoms with E-state index < -0.39 is 0 Å². The summed E-state index contributed by atoms with van der Waals surface area (Å²) in [5, 5.41) is 2.89. The first-order valence-electron chi connectivity index (χ1n) is 6.25. The topological polar surface area (TPSA) is 55.1 Å². The second-order valence-corrected chi connectivity index (χ2v) is 4.57. The lowest BCUT2D eigenvalue weighted by Gasteiger charge is -2.18. The second-order valence-electron chi connectivity index (χ2n) is 4.57. The molecule has 1 unspecified atom stereocenters. The van der Waals surface area contributed by atoms with E-state index in [4.69, 9.17) is 5.73 Å². The van der Waals surface area contributed by atoms with E-state index in [-0.39, 0.29) is 11.8 Å². The maximum atomic E-state index is 11.8. The van der Waals surface area contributed by atoms with Crippen LogP contribution < -0.4 is 11.1 Å².